The van der Waals surface area contributed by atoms with Crippen molar-refractivity contribution in [2.24, 2.45) is 0 Å². The fourth-order valence-electron chi connectivity index (χ4n) is 1.91. The van der Waals surface area contributed by atoms with Gasteiger partial charge in [0.05, 0.1) is 22.5 Å². The number of hydrogen-bond donors (Lipinski definition) is 2. The van der Waals surface area contributed by atoms with Crippen molar-refractivity contribution in [2.75, 3.05) is 11.9 Å². The molecule has 0 aliphatic heterocycles. The van der Waals surface area contributed by atoms with E-state index in [9.17, 15) is 18.0 Å². The van der Waals surface area contributed by atoms with Crippen LogP contribution in [-0.2, 0) is 11.0 Å². The van der Waals surface area contributed by atoms with Crippen LogP contribution >= 0.6 is 22.9 Å². The van der Waals surface area contributed by atoms with Gasteiger partial charge in [0.25, 0.3) is 0 Å². The highest BCUT2D eigenvalue weighted by Gasteiger charge is 2.30. The summed E-state index contributed by atoms with van der Waals surface area (Å²) in [7, 11) is 0. The molecule has 2 aromatic rings. The molecular formula is C15H14ClF3N2OS. The van der Waals surface area contributed by atoms with Crippen LogP contribution in [0, 0.1) is 0 Å². The van der Waals surface area contributed by atoms with Crippen molar-refractivity contribution in [3.63, 3.8) is 0 Å². The molecule has 124 valence electrons. The first kappa shape index (κ1) is 17.6. The fraction of sp³-hybridized carbons (Fsp3) is 0.267. The molecule has 0 aliphatic carbocycles. The van der Waals surface area contributed by atoms with Crippen LogP contribution in [0.3, 0.4) is 0 Å². The number of alkyl halides is 3. The number of halogens is 4. The monoisotopic (exact) mass is 362 g/mol. The minimum Gasteiger partial charge on any atom is -0.376 e. The van der Waals surface area contributed by atoms with Gasteiger partial charge < -0.3 is 10.6 Å². The average Bonchev–Trinajstić information content (AvgIpc) is 2.91. The third kappa shape index (κ3) is 5.14. The second-order valence-electron chi connectivity index (χ2n) is 4.86. The van der Waals surface area contributed by atoms with Crippen LogP contribution in [-0.4, -0.2) is 12.5 Å². The Hall–Kier alpha value is -1.73. The topological polar surface area (TPSA) is 41.1 Å². The SMILES string of the molecule is CC(NC(=O)CNc1cccc(C(F)(F)F)c1)c1ccc(Cl)s1. The van der Waals surface area contributed by atoms with E-state index in [0.717, 1.165) is 17.0 Å². The molecule has 3 nitrogen and oxygen atoms in total. The Kier molecular flexibility index (Phi) is 5.54. The number of rotatable bonds is 5. The van der Waals surface area contributed by atoms with Crippen LogP contribution in [0.5, 0.6) is 0 Å². The van der Waals surface area contributed by atoms with Gasteiger partial charge in [0.2, 0.25) is 5.91 Å². The van der Waals surface area contributed by atoms with Gasteiger partial charge in [0, 0.05) is 10.6 Å². The van der Waals surface area contributed by atoms with Gasteiger partial charge >= 0.3 is 6.18 Å². The quantitative estimate of drug-likeness (QED) is 0.808. The summed E-state index contributed by atoms with van der Waals surface area (Å²) in [5.41, 5.74) is -0.522. The molecule has 23 heavy (non-hydrogen) atoms. The Labute approximate surface area is 140 Å². The highest BCUT2D eigenvalue weighted by Crippen LogP contribution is 2.30. The predicted molar refractivity (Wildman–Crippen MR) is 85.8 cm³/mol. The van der Waals surface area contributed by atoms with Crippen molar-refractivity contribution in [1.82, 2.24) is 5.32 Å². The molecule has 0 saturated carbocycles. The van der Waals surface area contributed by atoms with Gasteiger partial charge in [-0.25, -0.2) is 0 Å². The molecule has 1 aromatic carbocycles. The zero-order valence-electron chi connectivity index (χ0n) is 12.1. The number of thiophene rings is 1. The molecule has 8 heteroatoms. The predicted octanol–water partition coefficient (Wildman–Crippen LogP) is 4.71. The highest BCUT2D eigenvalue weighted by molar-refractivity contribution is 7.16. The maximum Gasteiger partial charge on any atom is 0.416 e. The van der Waals surface area contributed by atoms with Crippen LogP contribution in [0.1, 0.15) is 23.4 Å². The van der Waals surface area contributed by atoms with Gasteiger partial charge in [-0.1, -0.05) is 17.7 Å². The normalized spacial score (nSPS) is 12.7. The summed E-state index contributed by atoms with van der Waals surface area (Å²) >= 11 is 7.20. The number of hydrogen-bond acceptors (Lipinski definition) is 3. The van der Waals surface area contributed by atoms with E-state index in [0.29, 0.717) is 4.34 Å². The van der Waals surface area contributed by atoms with Crippen molar-refractivity contribution in [3.8, 4) is 0 Å². The molecule has 1 aromatic heterocycles. The van der Waals surface area contributed by atoms with Crippen LogP contribution in [0.2, 0.25) is 4.34 Å². The Balaban J connectivity index is 1.89. The first-order valence-electron chi connectivity index (χ1n) is 6.71. The van der Waals surface area contributed by atoms with Crippen LogP contribution in [0.25, 0.3) is 0 Å². The Morgan fingerprint density at radius 3 is 2.65 bits per heavy atom. The number of carbonyl (C=O) groups is 1. The smallest absolute Gasteiger partial charge is 0.376 e. The van der Waals surface area contributed by atoms with Crippen molar-refractivity contribution >= 4 is 34.5 Å². The maximum absolute atomic E-state index is 12.6. The molecule has 0 saturated heterocycles. The standard InChI is InChI=1S/C15H14ClF3N2OS/c1-9(12-5-6-13(16)23-12)21-14(22)8-20-11-4-2-3-10(7-11)15(17,18)19/h2-7,9,20H,8H2,1H3,(H,21,22). The van der Waals surface area contributed by atoms with Crippen molar-refractivity contribution in [2.45, 2.75) is 19.1 Å². The molecule has 1 amide bonds. The summed E-state index contributed by atoms with van der Waals surface area (Å²) in [5, 5.41) is 5.44. The number of carbonyl (C=O) groups excluding carboxylic acids is 1. The molecular weight excluding hydrogens is 349 g/mol. The zero-order valence-corrected chi connectivity index (χ0v) is 13.6. The molecule has 0 aliphatic rings. The summed E-state index contributed by atoms with van der Waals surface area (Å²) in [6.45, 7) is 1.69. The van der Waals surface area contributed by atoms with E-state index < -0.39 is 11.7 Å². The second-order valence-corrected chi connectivity index (χ2v) is 6.61. The van der Waals surface area contributed by atoms with Crippen LogP contribution < -0.4 is 10.6 Å². The van der Waals surface area contributed by atoms with E-state index in [1.54, 1.807) is 6.07 Å². The van der Waals surface area contributed by atoms with Gasteiger partial charge in [-0.15, -0.1) is 11.3 Å². The second kappa shape index (κ2) is 7.23. The van der Waals surface area contributed by atoms with Gasteiger partial charge in [-0.2, -0.15) is 13.2 Å². The van der Waals surface area contributed by atoms with Crippen LogP contribution in [0.15, 0.2) is 36.4 Å². The molecule has 2 N–H and O–H groups in total. The summed E-state index contributed by atoms with van der Waals surface area (Å²) in [4.78, 5) is 12.8. The van der Waals surface area contributed by atoms with Gasteiger partial charge in [-0.3, -0.25) is 4.79 Å². The minimum atomic E-state index is -4.41. The van der Waals surface area contributed by atoms with Crippen molar-refractivity contribution in [1.29, 1.82) is 0 Å². The lowest BCUT2D eigenvalue weighted by atomic mass is 10.2. The molecule has 0 fully saturated rings. The lowest BCUT2D eigenvalue weighted by molar-refractivity contribution is -0.137. The lowest BCUT2D eigenvalue weighted by Crippen LogP contribution is -2.31. The summed E-state index contributed by atoms with van der Waals surface area (Å²) in [6, 6.07) is 8.06. The molecule has 0 spiro atoms. The van der Waals surface area contributed by atoms with E-state index in [1.165, 1.54) is 23.5 Å². The molecule has 1 heterocycles. The maximum atomic E-state index is 12.6. The van der Waals surface area contributed by atoms with E-state index in [4.69, 9.17) is 11.6 Å². The molecule has 1 unspecified atom stereocenters. The molecule has 0 radical (unpaired) electrons. The van der Waals surface area contributed by atoms with Gasteiger partial charge in [0.15, 0.2) is 0 Å². The highest BCUT2D eigenvalue weighted by atomic mass is 35.5. The number of benzene rings is 1. The first-order chi connectivity index (χ1) is 10.8. The minimum absolute atomic E-state index is 0.120. The average molecular weight is 363 g/mol. The third-order valence-electron chi connectivity index (χ3n) is 3.04. The summed E-state index contributed by atoms with van der Waals surface area (Å²) in [6.07, 6.45) is -4.41. The zero-order chi connectivity index (χ0) is 17.0. The van der Waals surface area contributed by atoms with Crippen LogP contribution in [0.4, 0.5) is 18.9 Å². The summed E-state index contributed by atoms with van der Waals surface area (Å²) < 4.78 is 38.5. The van der Waals surface area contributed by atoms with Crippen molar-refractivity contribution in [3.05, 3.63) is 51.2 Å². The fourth-order valence-corrected chi connectivity index (χ4v) is 2.98. The van der Waals surface area contributed by atoms with E-state index in [2.05, 4.69) is 10.6 Å². The molecule has 0 bridgehead atoms. The van der Waals surface area contributed by atoms with Gasteiger partial charge in [0.1, 0.15) is 0 Å². The Morgan fingerprint density at radius 1 is 1.30 bits per heavy atom. The molecule has 1 atom stereocenters. The Bertz CT molecular complexity index is 687. The van der Waals surface area contributed by atoms with Crippen molar-refractivity contribution < 1.29 is 18.0 Å². The largest absolute Gasteiger partial charge is 0.416 e. The van der Waals surface area contributed by atoms with Gasteiger partial charge in [-0.05, 0) is 37.3 Å². The summed E-state index contributed by atoms with van der Waals surface area (Å²) in [5.74, 6) is -0.320. The molecule has 2 rings (SSSR count). The number of nitrogens with one attached hydrogen (secondary N) is 2. The number of anilines is 1. The van der Waals surface area contributed by atoms with E-state index >= 15 is 0 Å². The van der Waals surface area contributed by atoms with E-state index in [1.807, 2.05) is 13.0 Å². The Morgan fingerprint density at radius 2 is 2.04 bits per heavy atom. The lowest BCUT2D eigenvalue weighted by Gasteiger charge is -2.14. The third-order valence-corrected chi connectivity index (χ3v) is 4.46. The van der Waals surface area contributed by atoms with E-state index in [-0.39, 0.29) is 24.2 Å². The number of amides is 1. The first-order valence-corrected chi connectivity index (χ1v) is 7.91.